The number of carbonyl (C=O) groups excluding carboxylic acids is 1. The normalized spacial score (nSPS) is 14.8. The van der Waals surface area contributed by atoms with Crippen molar-refractivity contribution in [3.63, 3.8) is 0 Å². The molecule has 0 bridgehead atoms. The molecule has 0 spiro atoms. The van der Waals surface area contributed by atoms with Crippen LogP contribution in [0.1, 0.15) is 44.9 Å². The van der Waals surface area contributed by atoms with E-state index in [1.807, 2.05) is 32.0 Å². The number of aliphatic hydroxyl groups excluding tert-OH is 1. The summed E-state index contributed by atoms with van der Waals surface area (Å²) in [6.45, 7) is 8.09. The first kappa shape index (κ1) is 13.7. The van der Waals surface area contributed by atoms with Gasteiger partial charge in [0.2, 0.25) is 5.91 Å². The molecule has 1 aromatic rings. The van der Waals surface area contributed by atoms with Crippen molar-refractivity contribution in [1.29, 1.82) is 0 Å². The Kier molecular flexibility index (Phi) is 4.70. The summed E-state index contributed by atoms with van der Waals surface area (Å²) in [5.74, 6) is 0.0820. The number of hydrogen-bond acceptors (Lipinski definition) is 2. The lowest BCUT2D eigenvalue weighted by Crippen LogP contribution is -2.25. The molecule has 0 saturated carbocycles. The second-order valence-electron chi connectivity index (χ2n) is 3.98. The predicted molar refractivity (Wildman–Crippen MR) is 70.2 cm³/mol. The van der Waals surface area contributed by atoms with Crippen molar-refractivity contribution >= 4 is 11.6 Å². The van der Waals surface area contributed by atoms with Crippen molar-refractivity contribution < 1.29 is 9.90 Å². The SMILES string of the molecule is CC.CC(=O)N1CCc2cc(C(C)O)ccc21. The van der Waals surface area contributed by atoms with Crippen molar-refractivity contribution in [3.8, 4) is 0 Å². The molecule has 1 aromatic carbocycles. The fourth-order valence-electron chi connectivity index (χ4n) is 2.01. The summed E-state index contributed by atoms with van der Waals surface area (Å²) in [5.41, 5.74) is 3.06. The quantitative estimate of drug-likeness (QED) is 0.813. The number of anilines is 1. The van der Waals surface area contributed by atoms with Crippen molar-refractivity contribution in [2.75, 3.05) is 11.4 Å². The van der Waals surface area contributed by atoms with Crippen LogP contribution >= 0.6 is 0 Å². The average molecular weight is 235 g/mol. The van der Waals surface area contributed by atoms with E-state index in [1.54, 1.807) is 18.7 Å². The summed E-state index contributed by atoms with van der Waals surface area (Å²) in [6, 6.07) is 5.79. The van der Waals surface area contributed by atoms with Crippen molar-refractivity contribution in [3.05, 3.63) is 29.3 Å². The number of rotatable bonds is 1. The maximum absolute atomic E-state index is 11.3. The van der Waals surface area contributed by atoms with Gasteiger partial charge in [-0.05, 0) is 30.5 Å². The number of fused-ring (bicyclic) bond motifs is 1. The zero-order valence-corrected chi connectivity index (χ0v) is 11.0. The Balaban J connectivity index is 0.000000686. The van der Waals surface area contributed by atoms with Crippen LogP contribution in [0.5, 0.6) is 0 Å². The number of amides is 1. The first-order valence-corrected chi connectivity index (χ1v) is 6.18. The van der Waals surface area contributed by atoms with Gasteiger partial charge in [0.25, 0.3) is 0 Å². The molecule has 1 heterocycles. The standard InChI is InChI=1S/C12H15NO2.C2H6/c1-8(14)10-3-4-12-11(7-10)5-6-13(12)9(2)15;1-2/h3-4,7-8,14H,5-6H2,1-2H3;1-2H3. The highest BCUT2D eigenvalue weighted by atomic mass is 16.3. The zero-order valence-electron chi connectivity index (χ0n) is 11.0. The highest BCUT2D eigenvalue weighted by molar-refractivity contribution is 5.93. The molecule has 0 saturated heterocycles. The van der Waals surface area contributed by atoms with E-state index in [2.05, 4.69) is 0 Å². The summed E-state index contributed by atoms with van der Waals surface area (Å²) in [4.78, 5) is 13.1. The average Bonchev–Trinajstić information content (AvgIpc) is 2.74. The second-order valence-corrected chi connectivity index (χ2v) is 3.98. The maximum Gasteiger partial charge on any atom is 0.223 e. The Morgan fingerprint density at radius 1 is 1.41 bits per heavy atom. The van der Waals surface area contributed by atoms with E-state index in [1.165, 1.54) is 0 Å². The lowest BCUT2D eigenvalue weighted by Gasteiger charge is -2.15. The highest BCUT2D eigenvalue weighted by Crippen LogP contribution is 2.30. The van der Waals surface area contributed by atoms with Gasteiger partial charge in [0, 0.05) is 19.2 Å². The molecule has 0 radical (unpaired) electrons. The van der Waals surface area contributed by atoms with E-state index in [4.69, 9.17) is 0 Å². The van der Waals surface area contributed by atoms with Crippen LogP contribution in [-0.2, 0) is 11.2 Å². The van der Waals surface area contributed by atoms with Crippen LogP contribution in [0.4, 0.5) is 5.69 Å². The molecule has 1 N–H and O–H groups in total. The lowest BCUT2D eigenvalue weighted by atomic mass is 10.1. The Bertz CT molecular complexity index is 399. The number of aliphatic hydroxyl groups is 1. The van der Waals surface area contributed by atoms with Crippen LogP contribution in [0.15, 0.2) is 18.2 Å². The van der Waals surface area contributed by atoms with E-state index in [9.17, 15) is 9.90 Å². The molecule has 3 heteroatoms. The van der Waals surface area contributed by atoms with E-state index < -0.39 is 6.10 Å². The third-order valence-electron chi connectivity index (χ3n) is 2.86. The van der Waals surface area contributed by atoms with Crippen LogP contribution in [0.2, 0.25) is 0 Å². The van der Waals surface area contributed by atoms with Crippen molar-refractivity contribution in [2.24, 2.45) is 0 Å². The minimum Gasteiger partial charge on any atom is -0.389 e. The first-order valence-electron chi connectivity index (χ1n) is 6.18. The molecule has 1 aliphatic heterocycles. The Morgan fingerprint density at radius 3 is 2.59 bits per heavy atom. The molecule has 0 aromatic heterocycles. The Morgan fingerprint density at radius 2 is 2.06 bits per heavy atom. The van der Waals surface area contributed by atoms with Gasteiger partial charge in [-0.2, -0.15) is 0 Å². The van der Waals surface area contributed by atoms with E-state index in [0.29, 0.717) is 0 Å². The van der Waals surface area contributed by atoms with Gasteiger partial charge in [-0.15, -0.1) is 0 Å². The molecule has 0 aliphatic carbocycles. The lowest BCUT2D eigenvalue weighted by molar-refractivity contribution is -0.116. The molecule has 1 amide bonds. The molecule has 17 heavy (non-hydrogen) atoms. The van der Waals surface area contributed by atoms with Crippen LogP contribution in [0.25, 0.3) is 0 Å². The molecule has 1 unspecified atom stereocenters. The summed E-state index contributed by atoms with van der Waals surface area (Å²) in [6.07, 6.45) is 0.442. The van der Waals surface area contributed by atoms with E-state index >= 15 is 0 Å². The maximum atomic E-state index is 11.3. The van der Waals surface area contributed by atoms with Gasteiger partial charge < -0.3 is 10.0 Å². The van der Waals surface area contributed by atoms with Gasteiger partial charge in [-0.25, -0.2) is 0 Å². The minimum atomic E-state index is -0.443. The molecule has 1 aliphatic rings. The number of nitrogens with zero attached hydrogens (tertiary/aromatic N) is 1. The Labute approximate surface area is 103 Å². The smallest absolute Gasteiger partial charge is 0.223 e. The third-order valence-corrected chi connectivity index (χ3v) is 2.86. The second kappa shape index (κ2) is 5.82. The predicted octanol–water partition coefficient (Wildman–Crippen LogP) is 2.68. The first-order chi connectivity index (χ1) is 8.09. The third kappa shape index (κ3) is 2.86. The van der Waals surface area contributed by atoms with Crippen molar-refractivity contribution in [1.82, 2.24) is 0 Å². The number of carbonyl (C=O) groups is 1. The van der Waals surface area contributed by atoms with Gasteiger partial charge in [0.1, 0.15) is 0 Å². The molecule has 0 fully saturated rings. The largest absolute Gasteiger partial charge is 0.389 e. The molecule has 3 nitrogen and oxygen atoms in total. The van der Waals surface area contributed by atoms with Crippen molar-refractivity contribution in [2.45, 2.75) is 40.2 Å². The van der Waals surface area contributed by atoms with Crippen LogP contribution in [0, 0.1) is 0 Å². The van der Waals surface area contributed by atoms with Gasteiger partial charge in [-0.1, -0.05) is 26.0 Å². The van der Waals surface area contributed by atoms with Gasteiger partial charge in [0.05, 0.1) is 6.10 Å². The monoisotopic (exact) mass is 235 g/mol. The van der Waals surface area contributed by atoms with E-state index in [0.717, 1.165) is 29.8 Å². The van der Waals surface area contributed by atoms with Crippen LogP contribution < -0.4 is 4.90 Å². The van der Waals surface area contributed by atoms with Crippen LogP contribution in [0.3, 0.4) is 0 Å². The van der Waals surface area contributed by atoms with Gasteiger partial charge in [-0.3, -0.25) is 4.79 Å². The van der Waals surface area contributed by atoms with Gasteiger partial charge >= 0.3 is 0 Å². The molecular formula is C14H21NO2. The van der Waals surface area contributed by atoms with Crippen LogP contribution in [-0.4, -0.2) is 17.6 Å². The number of hydrogen-bond donors (Lipinski definition) is 1. The fraction of sp³-hybridized carbons (Fsp3) is 0.500. The zero-order chi connectivity index (χ0) is 13.0. The number of benzene rings is 1. The summed E-state index contributed by atoms with van der Waals surface area (Å²) < 4.78 is 0. The molecule has 2 rings (SSSR count). The highest BCUT2D eigenvalue weighted by Gasteiger charge is 2.22. The molecular weight excluding hydrogens is 214 g/mol. The van der Waals surface area contributed by atoms with E-state index in [-0.39, 0.29) is 5.91 Å². The molecule has 1 atom stereocenters. The van der Waals surface area contributed by atoms with Gasteiger partial charge in [0.15, 0.2) is 0 Å². The Hall–Kier alpha value is -1.35. The summed E-state index contributed by atoms with van der Waals surface area (Å²) >= 11 is 0. The molecule has 94 valence electrons. The fourth-order valence-corrected chi connectivity index (χ4v) is 2.01. The summed E-state index contributed by atoms with van der Waals surface area (Å²) in [5, 5.41) is 9.45. The summed E-state index contributed by atoms with van der Waals surface area (Å²) in [7, 11) is 0. The minimum absolute atomic E-state index is 0.0820. The topological polar surface area (TPSA) is 40.5 Å².